The Morgan fingerprint density at radius 2 is 1.36 bits per heavy atom. The van der Waals surface area contributed by atoms with Crippen LogP contribution >= 0.6 is 11.8 Å². The van der Waals surface area contributed by atoms with E-state index in [0.29, 0.717) is 38.0 Å². The summed E-state index contributed by atoms with van der Waals surface area (Å²) in [6.45, 7) is 4.15. The number of thioether (sulfide) groups is 1. The van der Waals surface area contributed by atoms with E-state index in [1.54, 1.807) is 6.92 Å². The summed E-state index contributed by atoms with van der Waals surface area (Å²) in [5.41, 5.74) is 27.3. The van der Waals surface area contributed by atoms with Gasteiger partial charge in [0.2, 0.25) is 17.7 Å². The third-order valence-electron chi connectivity index (χ3n) is 5.90. The van der Waals surface area contributed by atoms with Crippen molar-refractivity contribution in [3.63, 3.8) is 0 Å². The molecule has 5 unspecified atom stereocenters. The van der Waals surface area contributed by atoms with Gasteiger partial charge in [0, 0.05) is 13.1 Å². The van der Waals surface area contributed by atoms with Crippen LogP contribution in [0.15, 0.2) is 9.98 Å². The van der Waals surface area contributed by atoms with Gasteiger partial charge >= 0.3 is 5.97 Å². The molecule has 5 atom stereocenters. The molecule has 0 fully saturated rings. The normalized spacial score (nSPS) is 14.6. The van der Waals surface area contributed by atoms with Crippen molar-refractivity contribution in [3.8, 4) is 0 Å². The van der Waals surface area contributed by atoms with Crippen molar-refractivity contribution in [1.29, 1.82) is 0 Å². The van der Waals surface area contributed by atoms with Crippen LogP contribution in [0.4, 0.5) is 0 Å². The van der Waals surface area contributed by atoms with Gasteiger partial charge in [-0.2, -0.15) is 11.8 Å². The molecule has 0 aliphatic carbocycles. The molecule has 0 aromatic carbocycles. The molecule has 0 aliphatic rings. The van der Waals surface area contributed by atoms with Crippen LogP contribution in [0.5, 0.6) is 0 Å². The highest BCUT2D eigenvalue weighted by atomic mass is 32.2. The molecule has 15 nitrogen and oxygen atoms in total. The van der Waals surface area contributed by atoms with Crippen molar-refractivity contribution < 1.29 is 24.3 Å². The Morgan fingerprint density at radius 3 is 1.85 bits per heavy atom. The SMILES string of the molecule is CCC(C)C(NC(=O)C(N)CCCN=C(N)N)C(=O)NC(CCCN=C(N)N)C(=O)NC(CCSC)C(=O)O. The van der Waals surface area contributed by atoms with Gasteiger partial charge in [-0.1, -0.05) is 20.3 Å². The van der Waals surface area contributed by atoms with Gasteiger partial charge in [0.05, 0.1) is 6.04 Å². The maximum absolute atomic E-state index is 13.3. The van der Waals surface area contributed by atoms with Crippen LogP contribution in [0, 0.1) is 5.92 Å². The van der Waals surface area contributed by atoms with Gasteiger partial charge < -0.3 is 49.7 Å². The smallest absolute Gasteiger partial charge is 0.326 e. The predicted molar refractivity (Wildman–Crippen MR) is 154 cm³/mol. The molecule has 0 aliphatic heterocycles. The van der Waals surface area contributed by atoms with E-state index in [1.807, 2.05) is 13.2 Å². The van der Waals surface area contributed by atoms with Gasteiger partial charge in [0.15, 0.2) is 11.9 Å². The van der Waals surface area contributed by atoms with Gasteiger partial charge in [0.1, 0.15) is 18.1 Å². The minimum atomic E-state index is -1.18. The topological polar surface area (TPSA) is 279 Å². The predicted octanol–water partition coefficient (Wildman–Crippen LogP) is -2.24. The zero-order valence-electron chi connectivity index (χ0n) is 23.0. The Hall–Kier alpha value is -3.27. The zero-order chi connectivity index (χ0) is 30.0. The number of aliphatic imine (C=N–C) groups is 2. The monoisotopic (exact) mass is 574 g/mol. The number of amides is 3. The molecular formula is C23H46N10O5S. The number of carbonyl (C=O) groups excluding carboxylic acids is 3. The molecule has 0 bridgehead atoms. The Labute approximate surface area is 233 Å². The summed E-state index contributed by atoms with van der Waals surface area (Å²) in [4.78, 5) is 58.5. The van der Waals surface area contributed by atoms with Crippen LogP contribution in [-0.4, -0.2) is 90.0 Å². The first-order chi connectivity index (χ1) is 18.3. The molecule has 224 valence electrons. The average molecular weight is 575 g/mol. The quantitative estimate of drug-likeness (QED) is 0.0425. The number of nitrogens with one attached hydrogen (secondary N) is 3. The second-order valence-corrected chi connectivity index (χ2v) is 10.1. The van der Waals surface area contributed by atoms with Crippen molar-refractivity contribution in [2.75, 3.05) is 25.1 Å². The molecule has 0 aromatic rings. The third-order valence-corrected chi connectivity index (χ3v) is 6.55. The Kier molecular flexibility index (Phi) is 18.1. The number of carboxylic acids is 1. The minimum Gasteiger partial charge on any atom is -0.480 e. The molecular weight excluding hydrogens is 528 g/mol. The number of rotatable bonds is 20. The second kappa shape index (κ2) is 19.7. The summed E-state index contributed by atoms with van der Waals surface area (Å²) in [5.74, 6) is -2.90. The Balaban J connectivity index is 5.58. The molecule has 0 aromatic heterocycles. The second-order valence-electron chi connectivity index (χ2n) is 9.12. The van der Waals surface area contributed by atoms with Crippen LogP contribution in [0.25, 0.3) is 0 Å². The molecule has 3 amide bonds. The highest BCUT2D eigenvalue weighted by Gasteiger charge is 2.32. The van der Waals surface area contributed by atoms with E-state index in [4.69, 9.17) is 28.7 Å². The number of guanidine groups is 2. The first-order valence-corrected chi connectivity index (χ1v) is 14.2. The number of hydrogen-bond acceptors (Lipinski definition) is 8. The number of carboxylic acid groups (broad SMARTS) is 1. The fraction of sp³-hybridized carbons (Fsp3) is 0.739. The summed E-state index contributed by atoms with van der Waals surface area (Å²) in [6, 6.07) is -4.08. The van der Waals surface area contributed by atoms with Gasteiger partial charge in [-0.25, -0.2) is 4.79 Å². The summed E-state index contributed by atoms with van der Waals surface area (Å²) in [7, 11) is 0. The van der Waals surface area contributed by atoms with Crippen LogP contribution in [-0.2, 0) is 19.2 Å². The third kappa shape index (κ3) is 15.7. The van der Waals surface area contributed by atoms with Crippen molar-refractivity contribution in [2.24, 2.45) is 44.6 Å². The molecule has 0 heterocycles. The molecule has 0 rings (SSSR count). The van der Waals surface area contributed by atoms with E-state index < -0.39 is 47.9 Å². The van der Waals surface area contributed by atoms with Gasteiger partial charge in [-0.3, -0.25) is 24.4 Å². The van der Waals surface area contributed by atoms with Gasteiger partial charge in [-0.15, -0.1) is 0 Å². The summed E-state index contributed by atoms with van der Waals surface area (Å²) >= 11 is 1.45. The summed E-state index contributed by atoms with van der Waals surface area (Å²) in [6.07, 6.45) is 3.81. The fourth-order valence-electron chi connectivity index (χ4n) is 3.41. The lowest BCUT2D eigenvalue weighted by Crippen LogP contribution is -2.58. The van der Waals surface area contributed by atoms with Crippen molar-refractivity contribution in [1.82, 2.24) is 16.0 Å². The molecule has 0 saturated carbocycles. The highest BCUT2D eigenvalue weighted by Crippen LogP contribution is 2.11. The van der Waals surface area contributed by atoms with Crippen molar-refractivity contribution in [3.05, 3.63) is 0 Å². The highest BCUT2D eigenvalue weighted by molar-refractivity contribution is 7.98. The molecule has 0 radical (unpaired) electrons. The maximum atomic E-state index is 13.3. The zero-order valence-corrected chi connectivity index (χ0v) is 23.8. The van der Waals surface area contributed by atoms with E-state index in [0.717, 1.165) is 0 Å². The van der Waals surface area contributed by atoms with E-state index in [9.17, 15) is 24.3 Å². The minimum absolute atomic E-state index is 0.0580. The average Bonchev–Trinajstić information content (AvgIpc) is 2.87. The van der Waals surface area contributed by atoms with Gasteiger partial charge in [-0.05, 0) is 50.0 Å². The maximum Gasteiger partial charge on any atom is 0.326 e. The van der Waals surface area contributed by atoms with Gasteiger partial charge in [0.25, 0.3) is 0 Å². The number of nitrogens with two attached hydrogens (primary N) is 5. The van der Waals surface area contributed by atoms with E-state index in [1.165, 1.54) is 11.8 Å². The standard InChI is InChI=1S/C23H46N10O5S/c1-4-13(2)17(33-18(34)14(24)7-5-10-29-22(25)26)20(36)31-15(8-6-11-30-23(27)28)19(35)32-16(21(37)38)9-12-39-3/h13-17H,4-12,24H2,1-3H3,(H,31,36)(H,32,35)(H,33,34)(H,37,38)(H4,25,26,29)(H4,27,28,30). The van der Waals surface area contributed by atoms with Crippen LogP contribution in [0.2, 0.25) is 0 Å². The lowest BCUT2D eigenvalue weighted by Gasteiger charge is -2.28. The largest absolute Gasteiger partial charge is 0.480 e. The van der Waals surface area contributed by atoms with Crippen LogP contribution < -0.4 is 44.6 Å². The van der Waals surface area contributed by atoms with Crippen molar-refractivity contribution >= 4 is 47.4 Å². The fourth-order valence-corrected chi connectivity index (χ4v) is 3.88. The van der Waals surface area contributed by atoms with Crippen LogP contribution in [0.1, 0.15) is 52.4 Å². The molecule has 0 spiro atoms. The van der Waals surface area contributed by atoms with E-state index in [-0.39, 0.29) is 37.2 Å². The molecule has 0 saturated heterocycles. The number of nitrogens with zero attached hydrogens (tertiary/aromatic N) is 2. The summed E-state index contributed by atoms with van der Waals surface area (Å²) < 4.78 is 0. The lowest BCUT2D eigenvalue weighted by molar-refractivity contribution is -0.142. The number of hydrogen-bond donors (Lipinski definition) is 9. The first kappa shape index (κ1) is 35.7. The molecule has 39 heavy (non-hydrogen) atoms. The lowest BCUT2D eigenvalue weighted by atomic mass is 9.96. The Morgan fingerprint density at radius 1 is 0.821 bits per heavy atom. The molecule has 14 N–H and O–H groups in total. The van der Waals surface area contributed by atoms with Crippen molar-refractivity contribution in [2.45, 2.75) is 76.5 Å². The number of carbonyl (C=O) groups is 4. The first-order valence-electron chi connectivity index (χ1n) is 12.8. The van der Waals surface area contributed by atoms with E-state index >= 15 is 0 Å². The Bertz CT molecular complexity index is 849. The van der Waals surface area contributed by atoms with E-state index in [2.05, 4.69) is 25.9 Å². The number of aliphatic carboxylic acids is 1. The summed E-state index contributed by atoms with van der Waals surface area (Å²) in [5, 5.41) is 17.4. The van der Waals surface area contributed by atoms with Crippen LogP contribution in [0.3, 0.4) is 0 Å². The molecule has 16 heteroatoms.